The minimum atomic E-state index is 0. The Bertz CT molecular complexity index is 81.5. The van der Waals surface area contributed by atoms with E-state index in [9.17, 15) is 4.79 Å². The molecule has 1 radical (unpaired) electrons. The number of hydrogen-bond donors (Lipinski definition) is 0. The van der Waals surface area contributed by atoms with Crippen LogP contribution in [0, 0.1) is 5.92 Å². The first-order valence-corrected chi connectivity index (χ1v) is 3.72. The minimum Gasteiger partial charge on any atom is -1.00 e. The molecule has 71 valence electrons. The van der Waals surface area contributed by atoms with Gasteiger partial charge in [-0.1, -0.05) is 39.5 Å². The van der Waals surface area contributed by atoms with Crippen LogP contribution in [0.3, 0.4) is 0 Å². The number of carbonyl (C=O) groups excluding carboxylic acids is 1. The first-order valence-electron chi connectivity index (χ1n) is 3.72. The zero-order valence-corrected chi connectivity index (χ0v) is 11.5. The molecule has 0 bridgehead atoms. The smallest absolute Gasteiger partial charge is 1.00 e. The quantitative estimate of drug-likeness (QED) is 0.477. The summed E-state index contributed by atoms with van der Waals surface area (Å²) in [5.74, 6) is 0.199. The maximum atomic E-state index is 10.1. The van der Waals surface area contributed by atoms with Gasteiger partial charge in [-0.3, -0.25) is 6.29 Å². The number of halogens is 2. The van der Waals surface area contributed by atoms with Crippen molar-refractivity contribution in [2.24, 2.45) is 5.92 Å². The topological polar surface area (TPSA) is 17.1 Å². The molecule has 0 aromatic heterocycles. The van der Waals surface area contributed by atoms with Crippen molar-refractivity contribution in [2.45, 2.75) is 39.5 Å². The summed E-state index contributed by atoms with van der Waals surface area (Å²) in [6.07, 6.45) is 6.35. The van der Waals surface area contributed by atoms with Crippen LogP contribution in [0.25, 0.3) is 0 Å². The summed E-state index contributed by atoms with van der Waals surface area (Å²) < 4.78 is 0. The molecule has 1 atom stereocenters. The van der Waals surface area contributed by atoms with Crippen molar-refractivity contribution in [1.29, 1.82) is 0 Å². The fourth-order valence-electron chi connectivity index (χ4n) is 0.797. The zero-order chi connectivity index (χ0) is 7.11. The maximum absolute atomic E-state index is 10.1. The molecule has 0 aromatic rings. The normalized spacial score (nSPS) is 9.83. The average Bonchev–Trinajstić information content (AvgIpc) is 1.91. The van der Waals surface area contributed by atoms with Crippen molar-refractivity contribution in [3.05, 3.63) is 0 Å². The standard InChI is InChI=1S/C8H15O.2ClH.Zr/c1-3-5-6-8(4-2)7-9;;;/h8H,3-6H2,1-2H3;2*1H;/q-1;;;+3/p-2. The third-order valence-corrected chi connectivity index (χ3v) is 1.57. The van der Waals surface area contributed by atoms with Crippen LogP contribution in [0.1, 0.15) is 39.5 Å². The van der Waals surface area contributed by atoms with Crippen molar-refractivity contribution in [1.82, 2.24) is 0 Å². The van der Waals surface area contributed by atoms with Crippen LogP contribution >= 0.6 is 0 Å². The first kappa shape index (κ1) is 23.2. The molecule has 0 rings (SSSR count). The molecule has 0 aliphatic carbocycles. The van der Waals surface area contributed by atoms with E-state index < -0.39 is 0 Å². The average molecular weight is 289 g/mol. The van der Waals surface area contributed by atoms with E-state index in [4.69, 9.17) is 0 Å². The second-order valence-electron chi connectivity index (χ2n) is 2.37. The van der Waals surface area contributed by atoms with Crippen molar-refractivity contribution < 1.29 is 55.8 Å². The van der Waals surface area contributed by atoms with Gasteiger partial charge in [0.05, 0.1) is 0 Å². The third-order valence-electron chi connectivity index (χ3n) is 1.57. The molecule has 0 N–H and O–H groups in total. The molecule has 4 heteroatoms. The van der Waals surface area contributed by atoms with Gasteiger partial charge in [-0.2, -0.15) is 0 Å². The fraction of sp³-hybridized carbons (Fsp3) is 0.875. The summed E-state index contributed by atoms with van der Waals surface area (Å²) in [6, 6.07) is 0. The Labute approximate surface area is 107 Å². The van der Waals surface area contributed by atoms with E-state index in [0.717, 1.165) is 19.3 Å². The monoisotopic (exact) mass is 287 g/mol. The number of unbranched alkanes of at least 4 members (excludes halogenated alkanes) is 1. The fourth-order valence-corrected chi connectivity index (χ4v) is 0.797. The maximum Gasteiger partial charge on any atom is 3.00 e. The summed E-state index contributed by atoms with van der Waals surface area (Å²) in [6.45, 7) is 4.17. The molecule has 0 saturated heterocycles. The van der Waals surface area contributed by atoms with Gasteiger partial charge in [0.15, 0.2) is 0 Å². The van der Waals surface area contributed by atoms with E-state index >= 15 is 0 Å². The predicted octanol–water partition coefficient (Wildman–Crippen LogP) is -3.68. The molecule has 12 heavy (non-hydrogen) atoms. The molecule has 1 unspecified atom stereocenters. The molecule has 0 aliphatic heterocycles. The molecule has 0 aromatic carbocycles. The minimum absolute atomic E-state index is 0. The predicted molar refractivity (Wildman–Crippen MR) is 39.0 cm³/mol. The van der Waals surface area contributed by atoms with E-state index in [1.807, 2.05) is 13.2 Å². The Balaban J connectivity index is -0.000000107. The van der Waals surface area contributed by atoms with Gasteiger partial charge in [0.1, 0.15) is 0 Å². The summed E-state index contributed by atoms with van der Waals surface area (Å²) in [4.78, 5) is 10.1. The second kappa shape index (κ2) is 18.0. The Morgan fingerprint density at radius 1 is 1.25 bits per heavy atom. The van der Waals surface area contributed by atoms with Gasteiger partial charge in [-0.15, -0.1) is 5.92 Å². The van der Waals surface area contributed by atoms with Gasteiger partial charge in [0.2, 0.25) is 0 Å². The first-order chi connectivity index (χ1) is 4.35. The van der Waals surface area contributed by atoms with Crippen LogP contribution in [-0.2, 0) is 31.0 Å². The van der Waals surface area contributed by atoms with Crippen LogP contribution in [0.4, 0.5) is 0 Å². The number of rotatable bonds is 5. The molecular weight excluding hydrogens is 274 g/mol. The summed E-state index contributed by atoms with van der Waals surface area (Å²) in [7, 11) is 0. The van der Waals surface area contributed by atoms with Crippen molar-refractivity contribution in [2.75, 3.05) is 0 Å². The van der Waals surface area contributed by atoms with E-state index in [1.54, 1.807) is 0 Å². The van der Waals surface area contributed by atoms with Crippen LogP contribution in [0.2, 0.25) is 0 Å². The van der Waals surface area contributed by atoms with Crippen LogP contribution in [0.15, 0.2) is 0 Å². The zero-order valence-electron chi connectivity index (χ0n) is 7.57. The Hall–Kier alpha value is 1.13. The van der Waals surface area contributed by atoms with Gasteiger partial charge < -0.3 is 29.6 Å². The van der Waals surface area contributed by atoms with E-state index in [2.05, 4.69) is 6.92 Å². The van der Waals surface area contributed by atoms with Crippen molar-refractivity contribution in [3.8, 4) is 0 Å². The molecule has 1 nitrogen and oxygen atoms in total. The largest absolute Gasteiger partial charge is 3.00 e. The van der Waals surface area contributed by atoms with Gasteiger partial charge in [0.25, 0.3) is 0 Å². The van der Waals surface area contributed by atoms with E-state index in [1.165, 1.54) is 6.42 Å². The molecule has 0 aliphatic rings. The molecule has 0 fully saturated rings. The summed E-state index contributed by atoms with van der Waals surface area (Å²) >= 11 is 0. The molecule has 0 spiro atoms. The van der Waals surface area contributed by atoms with Crippen LogP contribution in [-0.4, -0.2) is 6.29 Å². The molecular formula is C8H15Cl2OZr. The Morgan fingerprint density at radius 2 is 1.75 bits per heavy atom. The van der Waals surface area contributed by atoms with Gasteiger partial charge >= 0.3 is 26.2 Å². The van der Waals surface area contributed by atoms with E-state index in [-0.39, 0.29) is 56.9 Å². The van der Waals surface area contributed by atoms with E-state index in [0.29, 0.717) is 0 Å². The number of hydrogen-bond acceptors (Lipinski definition) is 1. The van der Waals surface area contributed by atoms with Gasteiger partial charge in [-0.25, -0.2) is 0 Å². The molecule has 0 amide bonds. The third kappa shape index (κ3) is 13.7. The summed E-state index contributed by atoms with van der Waals surface area (Å²) in [5, 5.41) is 0. The van der Waals surface area contributed by atoms with Crippen molar-refractivity contribution >= 4 is 6.29 Å². The van der Waals surface area contributed by atoms with Gasteiger partial charge in [0, 0.05) is 0 Å². The molecule has 0 heterocycles. The SMILES string of the molecule is CCCCC([C-]=O)CC.[Cl-].[Cl-].[Zr+3]. The van der Waals surface area contributed by atoms with Gasteiger partial charge in [-0.05, 0) is 0 Å². The second-order valence-corrected chi connectivity index (χ2v) is 2.37. The van der Waals surface area contributed by atoms with Crippen molar-refractivity contribution in [3.63, 3.8) is 0 Å². The Kier molecular flexibility index (Phi) is 34.8. The summed E-state index contributed by atoms with van der Waals surface area (Å²) in [5.41, 5.74) is 0. The molecule has 0 saturated carbocycles. The van der Waals surface area contributed by atoms with Crippen LogP contribution in [0.5, 0.6) is 0 Å². The van der Waals surface area contributed by atoms with Crippen LogP contribution < -0.4 is 24.8 Å². The Morgan fingerprint density at radius 3 is 2.00 bits per heavy atom.